The summed E-state index contributed by atoms with van der Waals surface area (Å²) in [6.45, 7) is 5.48. The molecule has 0 spiro atoms. The molecule has 0 saturated heterocycles. The summed E-state index contributed by atoms with van der Waals surface area (Å²) in [6.07, 6.45) is 1.52. The van der Waals surface area contributed by atoms with E-state index >= 15 is 0 Å². The van der Waals surface area contributed by atoms with Crippen LogP contribution in [0.2, 0.25) is 5.28 Å². The summed E-state index contributed by atoms with van der Waals surface area (Å²) < 4.78 is 0. The molecule has 0 aromatic carbocycles. The number of thiophene rings is 1. The molecule has 102 valence electrons. The predicted molar refractivity (Wildman–Crippen MR) is 79.1 cm³/mol. The lowest BCUT2D eigenvalue weighted by Crippen LogP contribution is -2.16. The fourth-order valence-electron chi connectivity index (χ4n) is 1.81. The zero-order chi connectivity index (χ0) is 13.8. The molecule has 0 atom stereocenters. The average Bonchev–Trinajstić information content (AvgIpc) is 2.64. The van der Waals surface area contributed by atoms with Gasteiger partial charge in [0, 0.05) is 18.0 Å². The molecule has 19 heavy (non-hydrogen) atoms. The minimum atomic E-state index is 0.252. The molecule has 2 aromatic heterocycles. The van der Waals surface area contributed by atoms with E-state index in [1.165, 1.54) is 10.4 Å². The molecule has 7 heteroatoms. The van der Waals surface area contributed by atoms with E-state index in [1.54, 1.807) is 11.3 Å². The molecule has 0 aliphatic heterocycles. The summed E-state index contributed by atoms with van der Waals surface area (Å²) in [7, 11) is 0. The van der Waals surface area contributed by atoms with Crippen molar-refractivity contribution in [3.8, 4) is 0 Å². The van der Waals surface area contributed by atoms with E-state index in [0.717, 1.165) is 29.0 Å². The first kappa shape index (κ1) is 14.0. The Morgan fingerprint density at radius 2 is 2.11 bits per heavy atom. The van der Waals surface area contributed by atoms with E-state index in [4.69, 9.17) is 11.6 Å². The molecule has 5 nitrogen and oxygen atoms in total. The molecule has 2 heterocycles. The number of fused-ring (bicyclic) bond motifs is 1. The van der Waals surface area contributed by atoms with Crippen LogP contribution in [-0.4, -0.2) is 29.5 Å². The van der Waals surface area contributed by atoms with Gasteiger partial charge in [-0.05, 0) is 37.4 Å². The third-order valence-corrected chi connectivity index (χ3v) is 4.15. The Labute approximate surface area is 120 Å². The smallest absolute Gasteiger partial charge is 0.225 e. The number of aryl methyl sites for hydroxylation is 2. The van der Waals surface area contributed by atoms with E-state index in [-0.39, 0.29) is 5.28 Å². The number of anilines is 1. The molecule has 0 radical (unpaired) electrons. The fourth-order valence-corrected chi connectivity index (χ4v) is 3.06. The number of carbonyl (C=O) groups excluding carboxylic acids is 1. The van der Waals surface area contributed by atoms with E-state index < -0.39 is 0 Å². The maximum atomic E-state index is 10.1. The van der Waals surface area contributed by atoms with Gasteiger partial charge >= 0.3 is 0 Å². The summed E-state index contributed by atoms with van der Waals surface area (Å²) in [6, 6.07) is 0. The maximum Gasteiger partial charge on any atom is 0.225 e. The van der Waals surface area contributed by atoms with Crippen molar-refractivity contribution in [2.75, 3.05) is 18.4 Å². The van der Waals surface area contributed by atoms with E-state index in [9.17, 15) is 4.79 Å². The standard InChI is InChI=1S/C12H15ClN4OS/c1-7-8(2)19-11-9(7)10(16-12(13)17-11)15-5-3-4-14-6-18/h6H,3-5H2,1-2H3,(H,14,18)(H,15,16,17). The van der Waals surface area contributed by atoms with Gasteiger partial charge in [-0.2, -0.15) is 0 Å². The molecular formula is C12H15ClN4OS. The third-order valence-electron chi connectivity index (χ3n) is 2.88. The Hall–Kier alpha value is -1.40. The Morgan fingerprint density at radius 3 is 2.84 bits per heavy atom. The second-order valence-corrected chi connectivity index (χ2v) is 5.70. The van der Waals surface area contributed by atoms with Gasteiger partial charge in [-0.15, -0.1) is 11.3 Å². The number of carbonyl (C=O) groups is 1. The maximum absolute atomic E-state index is 10.1. The Bertz CT molecular complexity index is 599. The summed E-state index contributed by atoms with van der Waals surface area (Å²) in [5.41, 5.74) is 1.19. The van der Waals surface area contributed by atoms with Crippen LogP contribution >= 0.6 is 22.9 Å². The number of rotatable bonds is 6. The molecule has 0 unspecified atom stereocenters. The van der Waals surface area contributed by atoms with Crippen LogP contribution in [0.25, 0.3) is 10.2 Å². The number of nitrogens with one attached hydrogen (secondary N) is 2. The second-order valence-electron chi connectivity index (χ2n) is 4.16. The fraction of sp³-hybridized carbons (Fsp3) is 0.417. The van der Waals surface area contributed by atoms with E-state index in [0.29, 0.717) is 13.0 Å². The summed E-state index contributed by atoms with van der Waals surface area (Å²) in [4.78, 5) is 20.8. The van der Waals surface area contributed by atoms with E-state index in [1.807, 2.05) is 0 Å². The van der Waals surface area contributed by atoms with Crippen molar-refractivity contribution >= 4 is 45.4 Å². The molecule has 0 fully saturated rings. The van der Waals surface area contributed by atoms with Crippen molar-refractivity contribution in [1.82, 2.24) is 15.3 Å². The predicted octanol–water partition coefficient (Wildman–Crippen LogP) is 2.51. The van der Waals surface area contributed by atoms with Gasteiger partial charge < -0.3 is 10.6 Å². The quantitative estimate of drug-likeness (QED) is 0.488. The van der Waals surface area contributed by atoms with E-state index in [2.05, 4.69) is 34.4 Å². The molecule has 2 rings (SSSR count). The number of amides is 1. The summed E-state index contributed by atoms with van der Waals surface area (Å²) >= 11 is 7.55. The van der Waals surface area contributed by atoms with Crippen LogP contribution in [0.15, 0.2) is 0 Å². The molecule has 1 amide bonds. The van der Waals surface area contributed by atoms with Crippen LogP contribution in [0.4, 0.5) is 5.82 Å². The number of hydrogen-bond acceptors (Lipinski definition) is 5. The van der Waals surface area contributed by atoms with Crippen molar-refractivity contribution in [2.45, 2.75) is 20.3 Å². The van der Waals surface area contributed by atoms with Crippen LogP contribution in [0.5, 0.6) is 0 Å². The first-order chi connectivity index (χ1) is 9.13. The minimum Gasteiger partial charge on any atom is -0.369 e. The lowest BCUT2D eigenvalue weighted by Gasteiger charge is -2.07. The van der Waals surface area contributed by atoms with Gasteiger partial charge in [0.1, 0.15) is 10.6 Å². The van der Waals surface area contributed by atoms with Gasteiger partial charge in [-0.25, -0.2) is 9.97 Å². The van der Waals surface area contributed by atoms with Gasteiger partial charge in [0.15, 0.2) is 0 Å². The molecule has 0 bridgehead atoms. The van der Waals surface area contributed by atoms with Crippen molar-refractivity contribution in [2.24, 2.45) is 0 Å². The molecule has 0 aliphatic rings. The number of nitrogens with zero attached hydrogens (tertiary/aromatic N) is 2. The highest BCUT2D eigenvalue weighted by Gasteiger charge is 2.13. The Kier molecular flexibility index (Phi) is 4.55. The molecule has 0 saturated carbocycles. The van der Waals surface area contributed by atoms with Crippen molar-refractivity contribution < 1.29 is 4.79 Å². The lowest BCUT2D eigenvalue weighted by molar-refractivity contribution is -0.109. The largest absolute Gasteiger partial charge is 0.369 e. The Balaban J connectivity index is 2.19. The van der Waals surface area contributed by atoms with Gasteiger partial charge in [0.2, 0.25) is 11.7 Å². The normalized spacial score (nSPS) is 10.7. The second kappa shape index (κ2) is 6.16. The zero-order valence-corrected chi connectivity index (χ0v) is 12.4. The minimum absolute atomic E-state index is 0.252. The van der Waals surface area contributed by atoms with Crippen LogP contribution in [0.3, 0.4) is 0 Å². The molecule has 0 aliphatic carbocycles. The summed E-state index contributed by atoms with van der Waals surface area (Å²) in [5.74, 6) is 0.767. The van der Waals surface area contributed by atoms with Crippen LogP contribution < -0.4 is 10.6 Å². The van der Waals surface area contributed by atoms with Crippen LogP contribution in [0, 0.1) is 13.8 Å². The van der Waals surface area contributed by atoms with Gasteiger partial charge in [-0.3, -0.25) is 4.79 Å². The highest BCUT2D eigenvalue weighted by Crippen LogP contribution is 2.33. The third kappa shape index (κ3) is 3.13. The zero-order valence-electron chi connectivity index (χ0n) is 10.8. The van der Waals surface area contributed by atoms with Crippen LogP contribution in [0.1, 0.15) is 16.9 Å². The van der Waals surface area contributed by atoms with Crippen molar-refractivity contribution in [3.05, 3.63) is 15.7 Å². The number of hydrogen-bond donors (Lipinski definition) is 2. The van der Waals surface area contributed by atoms with Gasteiger partial charge in [-0.1, -0.05) is 0 Å². The van der Waals surface area contributed by atoms with Gasteiger partial charge in [0.05, 0.1) is 5.39 Å². The Morgan fingerprint density at radius 1 is 1.32 bits per heavy atom. The SMILES string of the molecule is Cc1sc2nc(Cl)nc(NCCCNC=O)c2c1C. The average molecular weight is 299 g/mol. The topological polar surface area (TPSA) is 66.9 Å². The van der Waals surface area contributed by atoms with Crippen molar-refractivity contribution in [3.63, 3.8) is 0 Å². The van der Waals surface area contributed by atoms with Crippen LogP contribution in [-0.2, 0) is 4.79 Å². The first-order valence-electron chi connectivity index (χ1n) is 5.97. The highest BCUT2D eigenvalue weighted by molar-refractivity contribution is 7.18. The highest BCUT2D eigenvalue weighted by atomic mass is 35.5. The molecular weight excluding hydrogens is 284 g/mol. The monoisotopic (exact) mass is 298 g/mol. The number of halogens is 1. The number of aromatic nitrogens is 2. The summed E-state index contributed by atoms with van der Waals surface area (Å²) in [5, 5.41) is 7.17. The lowest BCUT2D eigenvalue weighted by atomic mass is 10.2. The van der Waals surface area contributed by atoms with Crippen molar-refractivity contribution in [1.29, 1.82) is 0 Å². The molecule has 2 N–H and O–H groups in total. The van der Waals surface area contributed by atoms with Gasteiger partial charge in [0.25, 0.3) is 0 Å². The molecule has 2 aromatic rings. The first-order valence-corrected chi connectivity index (χ1v) is 7.17.